The first-order valence-electron chi connectivity index (χ1n) is 9.18. The molecule has 0 saturated carbocycles. The van der Waals surface area contributed by atoms with Gasteiger partial charge in [-0.2, -0.15) is 13.5 Å². The zero-order valence-corrected chi connectivity index (χ0v) is 16.6. The topological polar surface area (TPSA) is 73.2 Å². The molecule has 0 amide bonds. The van der Waals surface area contributed by atoms with Gasteiger partial charge < -0.3 is 0 Å². The van der Waals surface area contributed by atoms with Crippen LogP contribution in [-0.2, 0) is 0 Å². The Bertz CT molecular complexity index is 661. The van der Waals surface area contributed by atoms with Gasteiger partial charge in [0.2, 0.25) is 22.5 Å². The smallest absolute Gasteiger partial charge is 0.221 e. The molecular weight excluding hydrogens is 363 g/mol. The fourth-order valence-electron chi connectivity index (χ4n) is 3.53. The second kappa shape index (κ2) is 5.25. The zero-order valence-electron chi connectivity index (χ0n) is 14.0. The first-order chi connectivity index (χ1) is 11.7. The number of rotatable bonds is 4. The van der Waals surface area contributed by atoms with Crippen molar-refractivity contribution in [3.05, 3.63) is 0 Å². The van der Waals surface area contributed by atoms with Crippen LogP contribution in [0.4, 0.5) is 0 Å². The molecule has 0 bridgehead atoms. The Morgan fingerprint density at radius 3 is 1.38 bits per heavy atom. The maximum Gasteiger partial charge on any atom is 0.221 e. The highest BCUT2D eigenvalue weighted by Gasteiger charge is 2.56. The van der Waals surface area contributed by atoms with Crippen LogP contribution in [0, 0.1) is 0 Å². The van der Waals surface area contributed by atoms with Crippen molar-refractivity contribution in [2.24, 2.45) is 13.5 Å². The van der Waals surface area contributed by atoms with E-state index in [0.717, 1.165) is 65.4 Å². The third kappa shape index (κ3) is 2.41. The molecule has 0 unspecified atom stereocenters. The van der Waals surface area contributed by atoms with Gasteiger partial charge in [0, 0.05) is 65.4 Å². The molecule has 0 aromatic heterocycles. The van der Waals surface area contributed by atoms with E-state index in [-0.39, 0.29) is 0 Å². The van der Waals surface area contributed by atoms with Crippen molar-refractivity contribution in [2.45, 2.75) is 12.8 Å². The molecule has 6 aliphatic rings. The molecule has 1 spiro atoms. The molecule has 0 aliphatic carbocycles. The molecule has 9 nitrogen and oxygen atoms in total. The minimum absolute atomic E-state index is 1.04. The van der Waals surface area contributed by atoms with Crippen LogP contribution >= 0.6 is 22.5 Å². The van der Waals surface area contributed by atoms with Crippen molar-refractivity contribution in [1.29, 1.82) is 0 Å². The summed E-state index contributed by atoms with van der Waals surface area (Å²) in [5.41, 5.74) is 0. The lowest BCUT2D eigenvalue weighted by Crippen LogP contribution is -2.22. The Kier molecular flexibility index (Phi) is 3.39. The van der Waals surface area contributed by atoms with E-state index in [0.29, 0.717) is 0 Å². The molecule has 5 fully saturated rings. The normalized spacial score (nSPS) is 37.0. The standard InChI is InChI=1S/C12H26N9P3/c1-2-4-14-22(13-3-1)15-23(18-5-6-18,19-7-8-19)17-24(16-22,20-9-10-20)21-11-12-21/h13-14H,1-12H2. The molecule has 6 rings (SSSR count). The Morgan fingerprint density at radius 1 is 0.542 bits per heavy atom. The molecule has 0 radical (unpaired) electrons. The van der Waals surface area contributed by atoms with Gasteiger partial charge in [0.05, 0.1) is 0 Å². The molecule has 6 heterocycles. The van der Waals surface area contributed by atoms with E-state index < -0.39 is 22.5 Å². The first-order valence-corrected chi connectivity index (χ1v) is 14.1. The average Bonchev–Trinajstić information content (AvgIpc) is 3.40. The zero-order chi connectivity index (χ0) is 15.8. The Hall–Kier alpha value is 0.450. The molecule has 134 valence electrons. The summed E-state index contributed by atoms with van der Waals surface area (Å²) in [5.74, 6) is 0. The van der Waals surface area contributed by atoms with Crippen molar-refractivity contribution >= 4 is 22.5 Å². The predicted molar refractivity (Wildman–Crippen MR) is 99.6 cm³/mol. The predicted octanol–water partition coefficient (Wildman–Crippen LogP) is 2.07. The molecule has 5 saturated heterocycles. The van der Waals surface area contributed by atoms with Gasteiger partial charge in [0.25, 0.3) is 0 Å². The van der Waals surface area contributed by atoms with Crippen molar-refractivity contribution in [1.82, 2.24) is 28.9 Å². The highest BCUT2D eigenvalue weighted by molar-refractivity contribution is 7.83. The quantitative estimate of drug-likeness (QED) is 0.567. The van der Waals surface area contributed by atoms with Gasteiger partial charge in [-0.1, -0.05) is 0 Å². The van der Waals surface area contributed by atoms with E-state index in [1.54, 1.807) is 0 Å². The van der Waals surface area contributed by atoms with Crippen LogP contribution in [0.2, 0.25) is 0 Å². The first kappa shape index (κ1) is 15.5. The fourth-order valence-corrected chi connectivity index (χ4v) is 17.9. The molecule has 0 aromatic rings. The van der Waals surface area contributed by atoms with E-state index >= 15 is 0 Å². The van der Waals surface area contributed by atoms with E-state index in [1.165, 1.54) is 12.8 Å². The molecule has 24 heavy (non-hydrogen) atoms. The summed E-state index contributed by atoms with van der Waals surface area (Å²) in [6, 6.07) is 0. The third-order valence-corrected chi connectivity index (χ3v) is 17.1. The molecule has 2 N–H and O–H groups in total. The number of nitrogens with zero attached hydrogens (tertiary/aromatic N) is 7. The molecule has 6 aliphatic heterocycles. The molecule has 12 heteroatoms. The largest absolute Gasteiger partial charge is 0.253 e. The summed E-state index contributed by atoms with van der Waals surface area (Å²) in [6.07, 6.45) is 2.43. The second-order valence-corrected chi connectivity index (χ2v) is 15.7. The van der Waals surface area contributed by atoms with Crippen LogP contribution in [0.1, 0.15) is 12.8 Å². The van der Waals surface area contributed by atoms with Crippen LogP contribution < -0.4 is 10.2 Å². The van der Waals surface area contributed by atoms with Crippen molar-refractivity contribution < 1.29 is 0 Å². The summed E-state index contributed by atoms with van der Waals surface area (Å²) >= 11 is 0. The van der Waals surface area contributed by atoms with Crippen LogP contribution in [0.25, 0.3) is 0 Å². The van der Waals surface area contributed by atoms with Crippen LogP contribution in [-0.4, -0.2) is 84.1 Å². The number of hydrogen-bond acceptors (Lipinski definition) is 9. The summed E-state index contributed by atoms with van der Waals surface area (Å²) in [5, 5.41) is 7.59. The summed E-state index contributed by atoms with van der Waals surface area (Å²) in [4.78, 5) is 0. The Labute approximate surface area is 143 Å². The van der Waals surface area contributed by atoms with Crippen LogP contribution in [0.15, 0.2) is 13.5 Å². The van der Waals surface area contributed by atoms with Gasteiger partial charge in [-0.3, -0.25) is 10.2 Å². The van der Waals surface area contributed by atoms with Gasteiger partial charge in [-0.05, 0) is 12.8 Å². The van der Waals surface area contributed by atoms with Gasteiger partial charge >= 0.3 is 0 Å². The monoisotopic (exact) mass is 389 g/mol. The average molecular weight is 389 g/mol. The second-order valence-electron chi connectivity index (χ2n) is 7.28. The summed E-state index contributed by atoms with van der Waals surface area (Å²) in [7, 11) is -5.84. The SMILES string of the molecule is C1CCNP2(=NP(N3CC3)(N3CC3)=NP(N3CC3)(N3CC3)=N2)NC1. The van der Waals surface area contributed by atoms with E-state index in [2.05, 4.69) is 28.9 Å². The molecular formula is C12H26N9P3. The van der Waals surface area contributed by atoms with Gasteiger partial charge in [0.15, 0.2) is 0 Å². The maximum absolute atomic E-state index is 5.61. The fraction of sp³-hybridized carbons (Fsp3) is 1.00. The van der Waals surface area contributed by atoms with Crippen molar-refractivity contribution in [3.63, 3.8) is 0 Å². The van der Waals surface area contributed by atoms with Crippen LogP contribution in [0.3, 0.4) is 0 Å². The van der Waals surface area contributed by atoms with E-state index in [9.17, 15) is 0 Å². The number of nitrogens with one attached hydrogen (secondary N) is 2. The minimum Gasteiger partial charge on any atom is -0.253 e. The number of hydrogen-bond donors (Lipinski definition) is 2. The highest BCUT2D eigenvalue weighted by Crippen LogP contribution is 2.83. The van der Waals surface area contributed by atoms with Gasteiger partial charge in [-0.15, -0.1) is 0 Å². The van der Waals surface area contributed by atoms with Crippen molar-refractivity contribution in [2.75, 3.05) is 65.4 Å². The van der Waals surface area contributed by atoms with Gasteiger partial charge in [0.1, 0.15) is 0 Å². The summed E-state index contributed by atoms with van der Waals surface area (Å²) in [6.45, 7) is 11.4. The lowest BCUT2D eigenvalue weighted by molar-refractivity contribution is 0.742. The van der Waals surface area contributed by atoms with Gasteiger partial charge in [-0.25, -0.2) is 18.7 Å². The summed E-state index contributed by atoms with van der Waals surface area (Å²) < 4.78 is 26.9. The molecule has 0 aromatic carbocycles. The highest BCUT2D eigenvalue weighted by atomic mass is 31.3. The maximum atomic E-state index is 5.61. The van der Waals surface area contributed by atoms with E-state index in [1.807, 2.05) is 0 Å². The lowest BCUT2D eigenvalue weighted by Gasteiger charge is -2.38. The van der Waals surface area contributed by atoms with E-state index in [4.69, 9.17) is 13.5 Å². The minimum atomic E-state index is -2.04. The van der Waals surface area contributed by atoms with Crippen molar-refractivity contribution in [3.8, 4) is 0 Å². The molecule has 0 atom stereocenters. The Morgan fingerprint density at radius 2 is 0.958 bits per heavy atom. The lowest BCUT2D eigenvalue weighted by atomic mass is 10.3. The third-order valence-electron chi connectivity index (χ3n) is 5.22. The Balaban J connectivity index is 1.60. The van der Waals surface area contributed by atoms with Crippen LogP contribution in [0.5, 0.6) is 0 Å².